The zero-order chi connectivity index (χ0) is 15.7. The average Bonchev–Trinajstić information content (AvgIpc) is 2.44. The number of nitrogens with one attached hydrogen (secondary N) is 3. The first-order valence-electron chi connectivity index (χ1n) is 6.95. The van der Waals surface area contributed by atoms with Crippen LogP contribution in [0.25, 0.3) is 0 Å². The molecule has 0 aromatic heterocycles. The summed E-state index contributed by atoms with van der Waals surface area (Å²) in [5, 5.41) is 7.86. The second kappa shape index (κ2) is 8.97. The molecule has 0 radical (unpaired) electrons. The van der Waals surface area contributed by atoms with E-state index in [1.807, 2.05) is 39.1 Å². The van der Waals surface area contributed by atoms with Crippen molar-refractivity contribution in [1.29, 1.82) is 0 Å². The summed E-state index contributed by atoms with van der Waals surface area (Å²) >= 11 is 0. The van der Waals surface area contributed by atoms with Crippen molar-refractivity contribution < 1.29 is 14.3 Å². The summed E-state index contributed by atoms with van der Waals surface area (Å²) in [6, 6.07) is 6.94. The number of amides is 3. The molecule has 0 atom stereocenters. The Morgan fingerprint density at radius 1 is 1.29 bits per heavy atom. The van der Waals surface area contributed by atoms with Gasteiger partial charge < -0.3 is 15.4 Å². The van der Waals surface area contributed by atoms with Crippen LogP contribution in [0.2, 0.25) is 0 Å². The molecule has 0 aliphatic heterocycles. The van der Waals surface area contributed by atoms with Gasteiger partial charge in [0.1, 0.15) is 5.75 Å². The third-order valence-corrected chi connectivity index (χ3v) is 2.57. The number of benzene rings is 1. The van der Waals surface area contributed by atoms with E-state index in [4.69, 9.17) is 4.74 Å². The fourth-order valence-corrected chi connectivity index (χ4v) is 1.60. The summed E-state index contributed by atoms with van der Waals surface area (Å²) in [5.41, 5.74) is 1.06. The molecule has 116 valence electrons. The van der Waals surface area contributed by atoms with E-state index in [1.165, 1.54) is 0 Å². The maximum Gasteiger partial charge on any atom is 0.321 e. The summed E-state index contributed by atoms with van der Waals surface area (Å²) in [7, 11) is 1.86. The third-order valence-electron chi connectivity index (χ3n) is 2.57. The minimum atomic E-state index is -0.499. The van der Waals surface area contributed by atoms with Crippen LogP contribution in [-0.2, 0) is 11.3 Å². The molecule has 0 fully saturated rings. The number of imide groups is 1. The normalized spacial score (nSPS) is 10.3. The van der Waals surface area contributed by atoms with E-state index in [2.05, 4.69) is 16.0 Å². The summed E-state index contributed by atoms with van der Waals surface area (Å²) in [6.45, 7) is 5.00. The van der Waals surface area contributed by atoms with Gasteiger partial charge in [-0.15, -0.1) is 0 Å². The first-order valence-corrected chi connectivity index (χ1v) is 6.95. The minimum absolute atomic E-state index is 0.196. The molecule has 0 aliphatic carbocycles. The highest BCUT2D eigenvalue weighted by atomic mass is 16.5. The number of urea groups is 1. The van der Waals surface area contributed by atoms with Crippen molar-refractivity contribution in [3.05, 3.63) is 29.8 Å². The molecule has 0 aliphatic rings. The van der Waals surface area contributed by atoms with Gasteiger partial charge in [-0.25, -0.2) is 4.79 Å². The molecule has 0 heterocycles. The maximum absolute atomic E-state index is 11.6. The van der Waals surface area contributed by atoms with E-state index in [0.717, 1.165) is 12.1 Å². The number of ether oxygens (including phenoxy) is 1. The second-order valence-electron chi connectivity index (χ2n) is 5.12. The number of carbonyl (C=O) groups excluding carboxylic acids is 2. The van der Waals surface area contributed by atoms with Crippen LogP contribution in [0, 0.1) is 5.92 Å². The van der Waals surface area contributed by atoms with Crippen LogP contribution in [0.5, 0.6) is 5.75 Å². The Labute approximate surface area is 125 Å². The van der Waals surface area contributed by atoms with E-state index in [0.29, 0.717) is 18.2 Å². The van der Waals surface area contributed by atoms with E-state index in [1.54, 1.807) is 6.07 Å². The molecule has 6 heteroatoms. The molecule has 3 amide bonds. The van der Waals surface area contributed by atoms with E-state index in [9.17, 15) is 9.59 Å². The SMILES string of the molecule is CNCc1cccc(OCC(=O)NC(=O)NCC(C)C)c1. The summed E-state index contributed by atoms with van der Waals surface area (Å²) in [5.74, 6) is 0.452. The second-order valence-corrected chi connectivity index (χ2v) is 5.12. The summed E-state index contributed by atoms with van der Waals surface area (Å²) in [6.07, 6.45) is 0. The fraction of sp³-hybridized carbons (Fsp3) is 0.467. The van der Waals surface area contributed by atoms with Crippen molar-refractivity contribution in [2.24, 2.45) is 5.92 Å². The quantitative estimate of drug-likeness (QED) is 0.707. The van der Waals surface area contributed by atoms with Gasteiger partial charge in [0, 0.05) is 13.1 Å². The molecular weight excluding hydrogens is 270 g/mol. The predicted molar refractivity (Wildman–Crippen MR) is 81.1 cm³/mol. The van der Waals surface area contributed by atoms with Crippen molar-refractivity contribution in [3.8, 4) is 5.75 Å². The predicted octanol–water partition coefficient (Wildman–Crippen LogP) is 1.27. The van der Waals surface area contributed by atoms with Gasteiger partial charge in [0.25, 0.3) is 5.91 Å². The first kappa shape index (κ1) is 17.0. The van der Waals surface area contributed by atoms with Gasteiger partial charge in [-0.1, -0.05) is 26.0 Å². The van der Waals surface area contributed by atoms with Crippen molar-refractivity contribution in [3.63, 3.8) is 0 Å². The lowest BCUT2D eigenvalue weighted by molar-refractivity contribution is -0.122. The Bertz CT molecular complexity index is 475. The molecule has 1 aromatic rings. The largest absolute Gasteiger partial charge is 0.484 e. The minimum Gasteiger partial charge on any atom is -0.484 e. The Hall–Kier alpha value is -2.08. The third kappa shape index (κ3) is 7.31. The molecule has 21 heavy (non-hydrogen) atoms. The monoisotopic (exact) mass is 293 g/mol. The summed E-state index contributed by atoms with van der Waals surface area (Å²) < 4.78 is 5.36. The Kier molecular flexibility index (Phi) is 7.25. The highest BCUT2D eigenvalue weighted by Gasteiger charge is 2.08. The Morgan fingerprint density at radius 2 is 2.05 bits per heavy atom. The zero-order valence-corrected chi connectivity index (χ0v) is 12.7. The molecule has 0 unspecified atom stereocenters. The average molecular weight is 293 g/mol. The van der Waals surface area contributed by atoms with Crippen LogP contribution in [0.1, 0.15) is 19.4 Å². The smallest absolute Gasteiger partial charge is 0.321 e. The molecule has 0 spiro atoms. The maximum atomic E-state index is 11.6. The first-order chi connectivity index (χ1) is 10.0. The van der Waals surface area contributed by atoms with Crippen molar-refractivity contribution in [2.75, 3.05) is 20.2 Å². The highest BCUT2D eigenvalue weighted by Crippen LogP contribution is 2.12. The van der Waals surface area contributed by atoms with Crippen LogP contribution in [0.3, 0.4) is 0 Å². The van der Waals surface area contributed by atoms with Crippen LogP contribution < -0.4 is 20.7 Å². The standard InChI is InChI=1S/C15H23N3O3/c1-11(2)8-17-15(20)18-14(19)10-21-13-6-4-5-12(7-13)9-16-3/h4-7,11,16H,8-10H2,1-3H3,(H2,17,18,19,20). The van der Waals surface area contributed by atoms with Gasteiger partial charge in [-0.05, 0) is 30.7 Å². The zero-order valence-electron chi connectivity index (χ0n) is 12.7. The highest BCUT2D eigenvalue weighted by molar-refractivity contribution is 5.94. The van der Waals surface area contributed by atoms with Crippen LogP contribution in [0.15, 0.2) is 24.3 Å². The molecule has 1 rings (SSSR count). The number of rotatable bonds is 7. The Morgan fingerprint density at radius 3 is 2.71 bits per heavy atom. The molecule has 3 N–H and O–H groups in total. The lowest BCUT2D eigenvalue weighted by Crippen LogP contribution is -2.42. The number of hydrogen-bond donors (Lipinski definition) is 3. The van der Waals surface area contributed by atoms with Gasteiger partial charge in [0.05, 0.1) is 0 Å². The molecule has 0 saturated heterocycles. The van der Waals surface area contributed by atoms with Crippen molar-refractivity contribution >= 4 is 11.9 Å². The van der Waals surface area contributed by atoms with Gasteiger partial charge in [-0.2, -0.15) is 0 Å². The number of hydrogen-bond acceptors (Lipinski definition) is 4. The fourth-order valence-electron chi connectivity index (χ4n) is 1.60. The Balaban J connectivity index is 2.35. The van der Waals surface area contributed by atoms with Crippen LogP contribution in [-0.4, -0.2) is 32.1 Å². The van der Waals surface area contributed by atoms with E-state index < -0.39 is 11.9 Å². The lowest BCUT2D eigenvalue weighted by Gasteiger charge is -2.10. The summed E-state index contributed by atoms with van der Waals surface area (Å²) in [4.78, 5) is 23.0. The molecule has 0 bridgehead atoms. The van der Waals surface area contributed by atoms with E-state index >= 15 is 0 Å². The molecule has 0 saturated carbocycles. The van der Waals surface area contributed by atoms with Crippen LogP contribution >= 0.6 is 0 Å². The number of carbonyl (C=O) groups is 2. The van der Waals surface area contributed by atoms with Crippen LogP contribution in [0.4, 0.5) is 4.79 Å². The van der Waals surface area contributed by atoms with Gasteiger partial charge in [0.15, 0.2) is 6.61 Å². The molecular formula is C15H23N3O3. The van der Waals surface area contributed by atoms with Crippen molar-refractivity contribution in [1.82, 2.24) is 16.0 Å². The lowest BCUT2D eigenvalue weighted by atomic mass is 10.2. The molecule has 1 aromatic carbocycles. The topological polar surface area (TPSA) is 79.5 Å². The van der Waals surface area contributed by atoms with Gasteiger partial charge in [0.2, 0.25) is 0 Å². The van der Waals surface area contributed by atoms with Gasteiger partial charge in [-0.3, -0.25) is 10.1 Å². The van der Waals surface area contributed by atoms with E-state index in [-0.39, 0.29) is 6.61 Å². The van der Waals surface area contributed by atoms with Crippen molar-refractivity contribution in [2.45, 2.75) is 20.4 Å². The molecule has 6 nitrogen and oxygen atoms in total. The van der Waals surface area contributed by atoms with Gasteiger partial charge >= 0.3 is 6.03 Å².